The smallest absolute Gasteiger partial charge is 0.309 e. The predicted molar refractivity (Wildman–Crippen MR) is 147 cm³/mol. The van der Waals surface area contributed by atoms with Crippen LogP contribution >= 0.6 is 23.5 Å². The number of thioether (sulfide) groups is 2. The zero-order valence-electron chi connectivity index (χ0n) is 22.4. The first kappa shape index (κ1) is 30.7. The minimum Gasteiger partial charge on any atom is -0.481 e. The summed E-state index contributed by atoms with van der Waals surface area (Å²) >= 11 is 3.70. The summed E-state index contributed by atoms with van der Waals surface area (Å²) in [6, 6.07) is 0. The number of carbonyl (C=O) groups excluding carboxylic acids is 2. The Morgan fingerprint density at radius 2 is 1.31 bits per heavy atom. The van der Waals surface area contributed by atoms with Gasteiger partial charge in [-0.3, -0.25) is 14.4 Å². The summed E-state index contributed by atoms with van der Waals surface area (Å²) in [7, 11) is 0. The maximum atomic E-state index is 12.6. The number of rotatable bonds is 15. The van der Waals surface area contributed by atoms with E-state index in [0.717, 1.165) is 70.6 Å². The number of aliphatic hydroxyl groups excluding tert-OH is 1. The minimum absolute atomic E-state index is 0.00414. The van der Waals surface area contributed by atoms with Gasteiger partial charge in [-0.2, -0.15) is 0 Å². The summed E-state index contributed by atoms with van der Waals surface area (Å²) in [6.07, 6.45) is 12.9. The highest BCUT2D eigenvalue weighted by molar-refractivity contribution is 8.01. The Morgan fingerprint density at radius 1 is 0.800 bits per heavy atom. The molecule has 0 radical (unpaired) electrons. The Kier molecular flexibility index (Phi) is 12.6. The van der Waals surface area contributed by atoms with Crippen molar-refractivity contribution in [3.05, 3.63) is 0 Å². The lowest BCUT2D eigenvalue weighted by Gasteiger charge is -2.31. The van der Waals surface area contributed by atoms with E-state index in [-0.39, 0.29) is 22.5 Å². The molecule has 2 saturated heterocycles. The normalized spacial score (nSPS) is 26.2. The van der Waals surface area contributed by atoms with Crippen molar-refractivity contribution < 1.29 is 24.6 Å². The monoisotopic (exact) mass is 528 g/mol. The molecule has 2 aliphatic rings. The van der Waals surface area contributed by atoms with Gasteiger partial charge in [-0.25, -0.2) is 0 Å². The fourth-order valence-electron chi connectivity index (χ4n) is 4.96. The first-order valence-corrected chi connectivity index (χ1v) is 15.5. The van der Waals surface area contributed by atoms with Gasteiger partial charge in [0.15, 0.2) is 0 Å². The summed E-state index contributed by atoms with van der Waals surface area (Å²) in [6.45, 7) is 7.98. The van der Waals surface area contributed by atoms with Gasteiger partial charge in [0.1, 0.15) is 11.6 Å². The molecule has 0 aromatic rings. The second-order valence-corrected chi connectivity index (χ2v) is 15.1. The Morgan fingerprint density at radius 3 is 1.89 bits per heavy atom. The lowest BCUT2D eigenvalue weighted by atomic mass is 9.87. The second kappa shape index (κ2) is 14.4. The molecule has 0 aliphatic carbocycles. The van der Waals surface area contributed by atoms with E-state index in [2.05, 4.69) is 13.8 Å². The van der Waals surface area contributed by atoms with E-state index >= 15 is 0 Å². The maximum Gasteiger partial charge on any atom is 0.309 e. The number of unbranched alkanes of at least 4 members (excludes halogenated alkanes) is 2. The van der Waals surface area contributed by atoms with Crippen LogP contribution in [0.1, 0.15) is 118 Å². The molecule has 0 saturated carbocycles. The lowest BCUT2D eigenvalue weighted by Crippen LogP contribution is -2.30. The molecule has 2 N–H and O–H groups in total. The number of aliphatic hydroxyl groups is 1. The van der Waals surface area contributed by atoms with Gasteiger partial charge in [-0.15, -0.1) is 23.5 Å². The number of carbonyl (C=O) groups is 3. The van der Waals surface area contributed by atoms with Gasteiger partial charge in [0.2, 0.25) is 0 Å². The molecular weight excluding hydrogens is 480 g/mol. The van der Waals surface area contributed by atoms with Crippen molar-refractivity contribution in [3.8, 4) is 0 Å². The third-order valence-electron chi connectivity index (χ3n) is 7.76. The van der Waals surface area contributed by atoms with E-state index in [0.29, 0.717) is 41.3 Å². The molecule has 4 unspecified atom stereocenters. The van der Waals surface area contributed by atoms with E-state index in [9.17, 15) is 24.6 Å². The Hall–Kier alpha value is -0.530. The van der Waals surface area contributed by atoms with E-state index < -0.39 is 11.4 Å². The standard InChI is InChI=1S/C28H48O5S2/c1-27(2,19-29)17-7-5-9-20-11-14-23(31)25(34-20)16-13-21-12-15-22(30)24(35-21)10-6-8-18-28(3,4)26(32)33/h20-21,24-25,29H,5-19H2,1-4H3,(H,32,33). The number of aliphatic carboxylic acids is 1. The van der Waals surface area contributed by atoms with Gasteiger partial charge in [-0.1, -0.05) is 39.5 Å². The molecule has 2 heterocycles. The van der Waals surface area contributed by atoms with Crippen LogP contribution in [0, 0.1) is 10.8 Å². The summed E-state index contributed by atoms with van der Waals surface area (Å²) < 4.78 is 0. The number of hydrogen-bond acceptors (Lipinski definition) is 6. The van der Waals surface area contributed by atoms with Crippen LogP contribution in [0.25, 0.3) is 0 Å². The molecule has 0 bridgehead atoms. The SMILES string of the molecule is CC(C)(CO)CCCCC1CCC(=O)C(CCC2CCC(=O)C(CCCCC(C)(C)C(=O)O)S2)S1. The fraction of sp³-hybridized carbons (Fsp3) is 0.893. The van der Waals surface area contributed by atoms with Gasteiger partial charge >= 0.3 is 5.97 Å². The van der Waals surface area contributed by atoms with Crippen LogP contribution in [0.2, 0.25) is 0 Å². The first-order valence-electron chi connectivity index (χ1n) is 13.6. The highest BCUT2D eigenvalue weighted by Crippen LogP contribution is 2.40. The Balaban J connectivity index is 1.71. The minimum atomic E-state index is -0.760. The summed E-state index contributed by atoms with van der Waals surface area (Å²) in [5.41, 5.74) is -0.700. The van der Waals surface area contributed by atoms with Gasteiger partial charge in [0, 0.05) is 29.9 Å². The van der Waals surface area contributed by atoms with Gasteiger partial charge in [-0.05, 0) is 70.6 Å². The van der Waals surface area contributed by atoms with Crippen LogP contribution < -0.4 is 0 Å². The molecule has 2 rings (SSSR count). The summed E-state index contributed by atoms with van der Waals surface area (Å²) in [5, 5.41) is 19.8. The molecule has 7 heteroatoms. The molecule has 2 aliphatic heterocycles. The summed E-state index contributed by atoms with van der Waals surface area (Å²) in [4.78, 5) is 36.3. The molecule has 0 spiro atoms. The highest BCUT2D eigenvalue weighted by atomic mass is 32.2. The van der Waals surface area contributed by atoms with Crippen molar-refractivity contribution in [2.24, 2.45) is 10.8 Å². The number of carboxylic acid groups (broad SMARTS) is 1. The molecule has 0 aromatic heterocycles. The lowest BCUT2D eigenvalue weighted by molar-refractivity contribution is -0.147. The topological polar surface area (TPSA) is 91.7 Å². The largest absolute Gasteiger partial charge is 0.481 e. The highest BCUT2D eigenvalue weighted by Gasteiger charge is 2.33. The second-order valence-electron chi connectivity index (χ2n) is 12.1. The van der Waals surface area contributed by atoms with Crippen molar-refractivity contribution in [2.45, 2.75) is 139 Å². The van der Waals surface area contributed by atoms with Gasteiger partial charge < -0.3 is 10.2 Å². The number of hydrogen-bond donors (Lipinski definition) is 2. The van der Waals surface area contributed by atoms with Crippen LogP contribution in [0.15, 0.2) is 0 Å². The van der Waals surface area contributed by atoms with Gasteiger partial charge in [0.25, 0.3) is 0 Å². The molecule has 4 atom stereocenters. The van der Waals surface area contributed by atoms with Crippen molar-refractivity contribution in [1.82, 2.24) is 0 Å². The summed E-state index contributed by atoms with van der Waals surface area (Å²) in [5.74, 6) is -0.0119. The fourth-order valence-corrected chi connectivity index (χ4v) is 8.09. The van der Waals surface area contributed by atoms with Crippen LogP contribution in [0.4, 0.5) is 0 Å². The Bertz CT molecular complexity index is 705. The average Bonchev–Trinajstić information content (AvgIpc) is 2.81. The Labute approximate surface area is 221 Å². The molecule has 2 fully saturated rings. The molecular formula is C28H48O5S2. The third kappa shape index (κ3) is 10.8. The van der Waals surface area contributed by atoms with Crippen molar-refractivity contribution in [2.75, 3.05) is 6.61 Å². The molecule has 0 amide bonds. The third-order valence-corrected chi connectivity index (χ3v) is 11.1. The number of carboxylic acids is 1. The zero-order valence-corrected chi connectivity index (χ0v) is 24.0. The van der Waals surface area contributed by atoms with Crippen LogP contribution in [0.5, 0.6) is 0 Å². The van der Waals surface area contributed by atoms with E-state index in [1.807, 2.05) is 23.5 Å². The van der Waals surface area contributed by atoms with Crippen LogP contribution in [0.3, 0.4) is 0 Å². The average molecular weight is 529 g/mol. The zero-order chi connectivity index (χ0) is 26.1. The van der Waals surface area contributed by atoms with E-state index in [4.69, 9.17) is 0 Å². The van der Waals surface area contributed by atoms with Crippen molar-refractivity contribution >= 4 is 41.1 Å². The van der Waals surface area contributed by atoms with Gasteiger partial charge in [0.05, 0.1) is 15.9 Å². The molecule has 0 aromatic carbocycles. The first-order chi connectivity index (χ1) is 16.4. The molecule has 5 nitrogen and oxygen atoms in total. The van der Waals surface area contributed by atoms with Crippen LogP contribution in [-0.4, -0.2) is 55.4 Å². The predicted octanol–water partition coefficient (Wildman–Crippen LogP) is 6.68. The van der Waals surface area contributed by atoms with Crippen molar-refractivity contribution in [3.63, 3.8) is 0 Å². The van der Waals surface area contributed by atoms with E-state index in [1.54, 1.807) is 13.8 Å². The van der Waals surface area contributed by atoms with E-state index in [1.165, 1.54) is 0 Å². The van der Waals surface area contributed by atoms with Crippen LogP contribution in [-0.2, 0) is 14.4 Å². The molecule has 202 valence electrons. The maximum absolute atomic E-state index is 12.6. The number of Topliss-reactive ketones (excluding diaryl/α,β-unsaturated/α-hetero) is 2. The molecule has 35 heavy (non-hydrogen) atoms. The number of ketones is 2. The quantitative estimate of drug-likeness (QED) is 0.229. The van der Waals surface area contributed by atoms with Crippen molar-refractivity contribution in [1.29, 1.82) is 0 Å².